The summed E-state index contributed by atoms with van der Waals surface area (Å²) >= 11 is 0. The lowest BCUT2D eigenvalue weighted by molar-refractivity contribution is -0.122. The highest BCUT2D eigenvalue weighted by Gasteiger charge is 2.13. The van der Waals surface area contributed by atoms with Crippen LogP contribution in [0.15, 0.2) is 0 Å². The Hall–Kier alpha value is -0.330. The van der Waals surface area contributed by atoms with Crippen molar-refractivity contribution in [3.8, 4) is 0 Å². The first-order valence-electron chi connectivity index (χ1n) is 8.85. The molecule has 0 aromatic carbocycles. The molecule has 20 heavy (non-hydrogen) atoms. The molecule has 2 atom stereocenters. The largest absolute Gasteiger partial charge is 0.299 e. The van der Waals surface area contributed by atoms with E-state index in [1.807, 2.05) is 0 Å². The molecule has 0 aliphatic rings. The number of Topliss-reactive ketones (excluding diaryl/α,β-unsaturated/α-hetero) is 1. The third-order valence-corrected chi connectivity index (χ3v) is 4.33. The SMILES string of the molecule is CC(C)CCCC(C)CCCC(C)C(=O)CCC(C)C. The topological polar surface area (TPSA) is 17.1 Å². The van der Waals surface area contributed by atoms with Crippen LogP contribution in [-0.4, -0.2) is 5.78 Å². The van der Waals surface area contributed by atoms with Crippen molar-refractivity contribution >= 4 is 5.78 Å². The highest BCUT2D eigenvalue weighted by Crippen LogP contribution is 2.20. The van der Waals surface area contributed by atoms with Crippen LogP contribution in [0, 0.1) is 23.7 Å². The minimum atomic E-state index is 0.275. The van der Waals surface area contributed by atoms with Crippen LogP contribution in [0.3, 0.4) is 0 Å². The first-order valence-corrected chi connectivity index (χ1v) is 8.85. The quantitative estimate of drug-likeness (QED) is 0.413. The third-order valence-electron chi connectivity index (χ3n) is 4.33. The Morgan fingerprint density at radius 2 is 1.20 bits per heavy atom. The zero-order valence-electron chi connectivity index (χ0n) is 14.9. The molecule has 0 spiro atoms. The molecule has 1 nitrogen and oxygen atoms in total. The average molecular weight is 283 g/mol. The Bertz CT molecular complexity index is 242. The molecule has 0 fully saturated rings. The fraction of sp³-hybridized carbons (Fsp3) is 0.947. The molecule has 0 aliphatic carbocycles. The molecule has 0 heterocycles. The molecule has 0 rings (SSSR count). The number of hydrogen-bond acceptors (Lipinski definition) is 1. The van der Waals surface area contributed by atoms with E-state index in [0.717, 1.165) is 31.1 Å². The van der Waals surface area contributed by atoms with Crippen LogP contribution in [0.5, 0.6) is 0 Å². The van der Waals surface area contributed by atoms with Gasteiger partial charge in [0.1, 0.15) is 5.78 Å². The predicted molar refractivity (Wildman–Crippen MR) is 89.9 cm³/mol. The molecule has 0 saturated carbocycles. The van der Waals surface area contributed by atoms with Crippen molar-refractivity contribution < 1.29 is 4.79 Å². The Labute approximate surface area is 127 Å². The molecule has 0 N–H and O–H groups in total. The van der Waals surface area contributed by atoms with E-state index >= 15 is 0 Å². The van der Waals surface area contributed by atoms with Gasteiger partial charge >= 0.3 is 0 Å². The van der Waals surface area contributed by atoms with Crippen molar-refractivity contribution in [1.82, 2.24) is 0 Å². The minimum Gasteiger partial charge on any atom is -0.299 e. The first kappa shape index (κ1) is 19.7. The predicted octanol–water partition coefficient (Wildman–Crippen LogP) is 6.26. The molecule has 2 unspecified atom stereocenters. The fourth-order valence-corrected chi connectivity index (χ4v) is 2.63. The second-order valence-electron chi connectivity index (χ2n) is 7.66. The van der Waals surface area contributed by atoms with Gasteiger partial charge in [0.25, 0.3) is 0 Å². The van der Waals surface area contributed by atoms with Crippen molar-refractivity contribution in [3.05, 3.63) is 0 Å². The second kappa shape index (κ2) is 11.3. The van der Waals surface area contributed by atoms with E-state index < -0.39 is 0 Å². The maximum Gasteiger partial charge on any atom is 0.135 e. The summed E-state index contributed by atoms with van der Waals surface area (Å²) in [5, 5.41) is 0. The third kappa shape index (κ3) is 11.5. The zero-order valence-corrected chi connectivity index (χ0v) is 14.9. The van der Waals surface area contributed by atoms with E-state index in [4.69, 9.17) is 0 Å². The van der Waals surface area contributed by atoms with Gasteiger partial charge in [-0.15, -0.1) is 0 Å². The normalized spacial score (nSPS) is 14.8. The van der Waals surface area contributed by atoms with Gasteiger partial charge in [-0.1, -0.05) is 73.6 Å². The number of rotatable bonds is 12. The summed E-state index contributed by atoms with van der Waals surface area (Å²) < 4.78 is 0. The number of carbonyl (C=O) groups excluding carboxylic acids is 1. The van der Waals surface area contributed by atoms with E-state index in [2.05, 4.69) is 41.5 Å². The Morgan fingerprint density at radius 1 is 0.700 bits per heavy atom. The van der Waals surface area contributed by atoms with Crippen LogP contribution in [0.1, 0.15) is 92.9 Å². The summed E-state index contributed by atoms with van der Waals surface area (Å²) in [5.41, 5.74) is 0. The standard InChI is InChI=1S/C19H38O/c1-15(2)9-7-10-17(5)11-8-12-18(6)19(20)14-13-16(3)4/h15-18H,7-14H2,1-6H3. The Morgan fingerprint density at radius 3 is 1.70 bits per heavy atom. The molecule has 0 bridgehead atoms. The molecule has 0 aliphatic heterocycles. The van der Waals surface area contributed by atoms with Gasteiger partial charge < -0.3 is 0 Å². The monoisotopic (exact) mass is 282 g/mol. The highest BCUT2D eigenvalue weighted by molar-refractivity contribution is 5.80. The highest BCUT2D eigenvalue weighted by atomic mass is 16.1. The van der Waals surface area contributed by atoms with E-state index in [-0.39, 0.29) is 5.92 Å². The Balaban J connectivity index is 3.63. The van der Waals surface area contributed by atoms with Crippen LogP contribution in [-0.2, 0) is 4.79 Å². The van der Waals surface area contributed by atoms with Gasteiger partial charge in [0.15, 0.2) is 0 Å². The van der Waals surface area contributed by atoms with Gasteiger partial charge in [-0.25, -0.2) is 0 Å². The molecule has 1 heteroatoms. The van der Waals surface area contributed by atoms with Crippen molar-refractivity contribution in [3.63, 3.8) is 0 Å². The lowest BCUT2D eigenvalue weighted by Crippen LogP contribution is -2.12. The van der Waals surface area contributed by atoms with Crippen molar-refractivity contribution in [1.29, 1.82) is 0 Å². The Kier molecular flexibility index (Phi) is 11.2. The van der Waals surface area contributed by atoms with Gasteiger partial charge in [-0.3, -0.25) is 4.79 Å². The summed E-state index contributed by atoms with van der Waals surface area (Å²) in [6.45, 7) is 13.5. The smallest absolute Gasteiger partial charge is 0.135 e. The van der Waals surface area contributed by atoms with E-state index in [0.29, 0.717) is 11.7 Å². The summed E-state index contributed by atoms with van der Waals surface area (Å²) in [7, 11) is 0. The van der Waals surface area contributed by atoms with Crippen LogP contribution < -0.4 is 0 Å². The van der Waals surface area contributed by atoms with E-state index in [1.54, 1.807) is 0 Å². The summed E-state index contributed by atoms with van der Waals surface area (Å²) in [6.07, 6.45) is 9.50. The molecule has 120 valence electrons. The van der Waals surface area contributed by atoms with E-state index in [9.17, 15) is 4.79 Å². The molecular formula is C19H38O. The van der Waals surface area contributed by atoms with Crippen LogP contribution in [0.2, 0.25) is 0 Å². The summed E-state index contributed by atoms with van der Waals surface area (Å²) in [5.74, 6) is 3.06. The molecule has 0 amide bonds. The van der Waals surface area contributed by atoms with Crippen LogP contribution in [0.4, 0.5) is 0 Å². The minimum absolute atomic E-state index is 0.275. The second-order valence-corrected chi connectivity index (χ2v) is 7.66. The number of carbonyl (C=O) groups is 1. The number of hydrogen-bond donors (Lipinski definition) is 0. The maximum absolute atomic E-state index is 12.0. The molecule has 0 aromatic rings. The van der Waals surface area contributed by atoms with Gasteiger partial charge in [-0.05, 0) is 30.6 Å². The van der Waals surface area contributed by atoms with Crippen molar-refractivity contribution in [2.45, 2.75) is 92.9 Å². The number of ketones is 1. The van der Waals surface area contributed by atoms with Crippen molar-refractivity contribution in [2.24, 2.45) is 23.7 Å². The van der Waals surface area contributed by atoms with Crippen molar-refractivity contribution in [2.75, 3.05) is 0 Å². The van der Waals surface area contributed by atoms with Gasteiger partial charge in [0, 0.05) is 12.3 Å². The average Bonchev–Trinajstić information content (AvgIpc) is 2.35. The van der Waals surface area contributed by atoms with Gasteiger partial charge in [-0.2, -0.15) is 0 Å². The molecule has 0 aromatic heterocycles. The summed E-state index contributed by atoms with van der Waals surface area (Å²) in [6, 6.07) is 0. The maximum atomic E-state index is 12.0. The first-order chi connectivity index (χ1) is 9.32. The lowest BCUT2D eigenvalue weighted by Gasteiger charge is -2.15. The van der Waals surface area contributed by atoms with Gasteiger partial charge in [0.05, 0.1) is 0 Å². The zero-order chi connectivity index (χ0) is 15.5. The lowest BCUT2D eigenvalue weighted by atomic mass is 9.90. The van der Waals surface area contributed by atoms with Crippen LogP contribution in [0.25, 0.3) is 0 Å². The molecule has 0 radical (unpaired) electrons. The molecule has 0 saturated heterocycles. The molecular weight excluding hydrogens is 244 g/mol. The van der Waals surface area contributed by atoms with E-state index in [1.165, 1.54) is 32.1 Å². The summed E-state index contributed by atoms with van der Waals surface area (Å²) in [4.78, 5) is 12.0. The fourth-order valence-electron chi connectivity index (χ4n) is 2.63. The van der Waals surface area contributed by atoms with Crippen LogP contribution >= 0.6 is 0 Å². The van der Waals surface area contributed by atoms with Gasteiger partial charge in [0.2, 0.25) is 0 Å².